The number of anilines is 1. The highest BCUT2D eigenvalue weighted by molar-refractivity contribution is 6.31. The zero-order valence-corrected chi connectivity index (χ0v) is 12.4. The van der Waals surface area contributed by atoms with Gasteiger partial charge in [0.25, 0.3) is 0 Å². The fraction of sp³-hybridized carbons (Fsp3) is 0.250. The van der Waals surface area contributed by atoms with Gasteiger partial charge in [-0.05, 0) is 36.2 Å². The number of hydrogen-bond acceptors (Lipinski definition) is 3. The van der Waals surface area contributed by atoms with Crippen molar-refractivity contribution >= 4 is 17.3 Å². The van der Waals surface area contributed by atoms with Crippen LogP contribution in [0.5, 0.6) is 5.75 Å². The van der Waals surface area contributed by atoms with Crippen molar-refractivity contribution in [1.29, 1.82) is 0 Å². The molecule has 3 N–H and O–H groups in total. The molecule has 0 bridgehead atoms. The lowest BCUT2D eigenvalue weighted by atomic mass is 10.0. The lowest BCUT2D eigenvalue weighted by molar-refractivity contribution is 0.416. The normalized spacial score (nSPS) is 12.0. The molecule has 0 aliphatic heterocycles. The van der Waals surface area contributed by atoms with Gasteiger partial charge in [0.05, 0.1) is 18.8 Å². The number of halogens is 1. The summed E-state index contributed by atoms with van der Waals surface area (Å²) in [4.78, 5) is 0. The smallest absolute Gasteiger partial charge is 0.141 e. The van der Waals surface area contributed by atoms with Crippen LogP contribution in [0.3, 0.4) is 0 Å². The maximum atomic E-state index is 6.18. The van der Waals surface area contributed by atoms with Gasteiger partial charge in [0.15, 0.2) is 0 Å². The Kier molecular flexibility index (Phi) is 4.88. The number of nitrogens with two attached hydrogens (primary N) is 1. The molecule has 0 saturated heterocycles. The van der Waals surface area contributed by atoms with Gasteiger partial charge >= 0.3 is 0 Å². The Labute approximate surface area is 124 Å². The van der Waals surface area contributed by atoms with Crippen LogP contribution in [0.15, 0.2) is 42.5 Å². The molecule has 0 aromatic heterocycles. The van der Waals surface area contributed by atoms with E-state index < -0.39 is 0 Å². The molecular weight excluding hydrogens is 272 g/mol. The summed E-state index contributed by atoms with van der Waals surface area (Å²) in [6.07, 6.45) is 0. The SMILES string of the molecule is COc1ccccc1NC(CN)c1ccc(C)c(Cl)c1. The summed E-state index contributed by atoms with van der Waals surface area (Å²) < 4.78 is 5.34. The standard InChI is InChI=1S/C16H19ClN2O/c1-11-7-8-12(9-13(11)17)15(10-18)19-14-5-3-4-6-16(14)20-2/h3-9,15,19H,10,18H2,1-2H3. The molecule has 3 nitrogen and oxygen atoms in total. The molecule has 106 valence electrons. The molecule has 0 spiro atoms. The zero-order valence-electron chi connectivity index (χ0n) is 11.7. The molecular formula is C16H19ClN2O. The number of methoxy groups -OCH3 is 1. The summed E-state index contributed by atoms with van der Waals surface area (Å²) in [6, 6.07) is 13.8. The molecule has 0 radical (unpaired) electrons. The lowest BCUT2D eigenvalue weighted by Crippen LogP contribution is -2.21. The summed E-state index contributed by atoms with van der Waals surface area (Å²) in [6.45, 7) is 2.45. The van der Waals surface area contributed by atoms with E-state index in [1.54, 1.807) is 7.11 Å². The average molecular weight is 291 g/mol. The Morgan fingerprint density at radius 2 is 2.00 bits per heavy atom. The second-order valence-electron chi connectivity index (χ2n) is 4.64. The number of rotatable bonds is 5. The van der Waals surface area contributed by atoms with Gasteiger partial charge in [-0.25, -0.2) is 0 Å². The van der Waals surface area contributed by atoms with E-state index in [2.05, 4.69) is 5.32 Å². The Morgan fingerprint density at radius 1 is 1.25 bits per heavy atom. The second kappa shape index (κ2) is 6.64. The highest BCUT2D eigenvalue weighted by Gasteiger charge is 2.12. The topological polar surface area (TPSA) is 47.3 Å². The maximum Gasteiger partial charge on any atom is 0.141 e. The van der Waals surface area contributed by atoms with Crippen molar-refractivity contribution in [3.63, 3.8) is 0 Å². The molecule has 0 amide bonds. The van der Waals surface area contributed by atoms with E-state index in [1.165, 1.54) is 0 Å². The summed E-state index contributed by atoms with van der Waals surface area (Å²) in [7, 11) is 1.65. The summed E-state index contributed by atoms with van der Waals surface area (Å²) in [5.41, 5.74) is 8.93. The van der Waals surface area contributed by atoms with Crippen LogP contribution < -0.4 is 15.8 Å². The van der Waals surface area contributed by atoms with Crippen molar-refractivity contribution in [1.82, 2.24) is 0 Å². The molecule has 2 aromatic rings. The van der Waals surface area contributed by atoms with Crippen LogP contribution in [0.1, 0.15) is 17.2 Å². The van der Waals surface area contributed by atoms with E-state index in [0.29, 0.717) is 6.54 Å². The predicted molar refractivity (Wildman–Crippen MR) is 84.6 cm³/mol. The van der Waals surface area contributed by atoms with Crippen molar-refractivity contribution in [3.05, 3.63) is 58.6 Å². The van der Waals surface area contributed by atoms with Crippen LogP contribution in [0, 0.1) is 6.92 Å². The van der Waals surface area contributed by atoms with E-state index in [0.717, 1.165) is 27.6 Å². The van der Waals surface area contributed by atoms with Crippen LogP contribution in [0.25, 0.3) is 0 Å². The van der Waals surface area contributed by atoms with Gasteiger partial charge in [0.2, 0.25) is 0 Å². The predicted octanol–water partition coefficient (Wildman–Crippen LogP) is 3.77. The minimum atomic E-state index is -0.00981. The minimum absolute atomic E-state index is 0.00981. The minimum Gasteiger partial charge on any atom is -0.495 e. The van der Waals surface area contributed by atoms with Gasteiger partial charge in [-0.3, -0.25) is 0 Å². The highest BCUT2D eigenvalue weighted by atomic mass is 35.5. The quantitative estimate of drug-likeness (QED) is 0.881. The fourth-order valence-electron chi connectivity index (χ4n) is 2.06. The monoisotopic (exact) mass is 290 g/mol. The Bertz CT molecular complexity index is 586. The third-order valence-corrected chi connectivity index (χ3v) is 3.68. The number of hydrogen-bond donors (Lipinski definition) is 2. The van der Waals surface area contributed by atoms with Gasteiger partial charge in [0, 0.05) is 11.6 Å². The molecule has 0 aliphatic carbocycles. The number of para-hydroxylation sites is 2. The van der Waals surface area contributed by atoms with Crippen molar-refractivity contribution < 1.29 is 4.74 Å². The number of aryl methyl sites for hydroxylation is 1. The number of benzene rings is 2. The third kappa shape index (κ3) is 3.24. The molecule has 0 fully saturated rings. The first-order chi connectivity index (χ1) is 9.65. The second-order valence-corrected chi connectivity index (χ2v) is 5.05. The third-order valence-electron chi connectivity index (χ3n) is 3.27. The molecule has 0 saturated carbocycles. The van der Waals surface area contributed by atoms with E-state index in [-0.39, 0.29) is 6.04 Å². The zero-order chi connectivity index (χ0) is 14.5. The van der Waals surface area contributed by atoms with E-state index >= 15 is 0 Å². The lowest BCUT2D eigenvalue weighted by Gasteiger charge is -2.20. The van der Waals surface area contributed by atoms with Crippen LogP contribution in [-0.4, -0.2) is 13.7 Å². The van der Waals surface area contributed by atoms with Crippen molar-refractivity contribution in [2.24, 2.45) is 5.73 Å². The Balaban J connectivity index is 2.26. The first kappa shape index (κ1) is 14.7. The van der Waals surface area contributed by atoms with Crippen LogP contribution in [-0.2, 0) is 0 Å². The Hall–Kier alpha value is -1.71. The number of ether oxygens (including phenoxy) is 1. The van der Waals surface area contributed by atoms with Crippen molar-refractivity contribution in [2.75, 3.05) is 19.0 Å². The summed E-state index contributed by atoms with van der Waals surface area (Å²) >= 11 is 6.18. The van der Waals surface area contributed by atoms with Crippen LogP contribution >= 0.6 is 11.6 Å². The molecule has 2 rings (SSSR count). The van der Waals surface area contributed by atoms with E-state index in [9.17, 15) is 0 Å². The highest BCUT2D eigenvalue weighted by Crippen LogP contribution is 2.29. The largest absolute Gasteiger partial charge is 0.495 e. The molecule has 20 heavy (non-hydrogen) atoms. The first-order valence-electron chi connectivity index (χ1n) is 6.51. The van der Waals surface area contributed by atoms with Gasteiger partial charge in [-0.1, -0.05) is 35.9 Å². The van der Waals surface area contributed by atoms with Gasteiger partial charge < -0.3 is 15.8 Å². The fourth-order valence-corrected chi connectivity index (χ4v) is 2.24. The molecule has 0 heterocycles. The average Bonchev–Trinajstić information content (AvgIpc) is 2.48. The van der Waals surface area contributed by atoms with Crippen molar-refractivity contribution in [3.8, 4) is 5.75 Å². The van der Waals surface area contributed by atoms with Gasteiger partial charge in [-0.2, -0.15) is 0 Å². The van der Waals surface area contributed by atoms with Gasteiger partial charge in [0.1, 0.15) is 5.75 Å². The molecule has 1 unspecified atom stereocenters. The first-order valence-corrected chi connectivity index (χ1v) is 6.89. The molecule has 0 aliphatic rings. The van der Waals surface area contributed by atoms with E-state index in [4.69, 9.17) is 22.1 Å². The summed E-state index contributed by atoms with van der Waals surface area (Å²) in [5, 5.41) is 4.16. The molecule has 4 heteroatoms. The number of nitrogens with one attached hydrogen (secondary N) is 1. The molecule has 2 aromatic carbocycles. The van der Waals surface area contributed by atoms with Crippen LogP contribution in [0.2, 0.25) is 5.02 Å². The summed E-state index contributed by atoms with van der Waals surface area (Å²) in [5.74, 6) is 0.796. The van der Waals surface area contributed by atoms with Crippen LogP contribution in [0.4, 0.5) is 5.69 Å². The van der Waals surface area contributed by atoms with Gasteiger partial charge in [-0.15, -0.1) is 0 Å². The Morgan fingerprint density at radius 3 is 2.65 bits per heavy atom. The molecule has 1 atom stereocenters. The van der Waals surface area contributed by atoms with Crippen molar-refractivity contribution in [2.45, 2.75) is 13.0 Å². The maximum absolute atomic E-state index is 6.18. The van der Waals surface area contributed by atoms with E-state index in [1.807, 2.05) is 49.4 Å².